The lowest BCUT2D eigenvalue weighted by atomic mass is 10.1. The molecule has 0 aliphatic carbocycles. The second kappa shape index (κ2) is 8.08. The molecule has 8 heteroatoms. The van der Waals surface area contributed by atoms with Crippen LogP contribution in [0.25, 0.3) is 5.69 Å². The topological polar surface area (TPSA) is 67.2 Å². The predicted octanol–water partition coefficient (Wildman–Crippen LogP) is 3.68. The smallest absolute Gasteiger partial charge is 0.255 e. The summed E-state index contributed by atoms with van der Waals surface area (Å²) in [4.78, 5) is 27.2. The molecule has 1 saturated heterocycles. The zero-order valence-electron chi connectivity index (χ0n) is 14.8. The first-order valence-electron chi connectivity index (χ1n) is 8.67. The van der Waals surface area contributed by atoms with E-state index >= 15 is 0 Å². The lowest BCUT2D eigenvalue weighted by Gasteiger charge is -2.22. The SMILES string of the molecule is O=C(Nc1cnn(-c2ccccc2)c1)C1CSCN1C(=O)c1ccc(Cl)cc1. The fraction of sp³-hybridized carbons (Fsp3) is 0.150. The average Bonchev–Trinajstić information content (AvgIpc) is 3.38. The summed E-state index contributed by atoms with van der Waals surface area (Å²) >= 11 is 7.45. The van der Waals surface area contributed by atoms with E-state index in [1.165, 1.54) is 0 Å². The van der Waals surface area contributed by atoms with Crippen molar-refractivity contribution in [3.05, 3.63) is 77.6 Å². The van der Waals surface area contributed by atoms with E-state index in [4.69, 9.17) is 11.6 Å². The van der Waals surface area contributed by atoms with Crippen LogP contribution in [0.5, 0.6) is 0 Å². The van der Waals surface area contributed by atoms with Crippen LogP contribution in [0, 0.1) is 0 Å². The van der Waals surface area contributed by atoms with Crippen LogP contribution < -0.4 is 5.32 Å². The van der Waals surface area contributed by atoms with Crippen molar-refractivity contribution in [2.45, 2.75) is 6.04 Å². The minimum absolute atomic E-state index is 0.179. The Kier molecular flexibility index (Phi) is 5.36. The average molecular weight is 413 g/mol. The molecule has 0 spiro atoms. The molecule has 3 aromatic rings. The Morgan fingerprint density at radius 3 is 2.61 bits per heavy atom. The maximum absolute atomic E-state index is 12.8. The van der Waals surface area contributed by atoms with Crippen LogP contribution in [0.4, 0.5) is 5.69 Å². The highest BCUT2D eigenvalue weighted by Gasteiger charge is 2.35. The first kappa shape index (κ1) is 18.6. The molecule has 2 aromatic carbocycles. The van der Waals surface area contributed by atoms with Gasteiger partial charge >= 0.3 is 0 Å². The minimum Gasteiger partial charge on any atom is -0.322 e. The van der Waals surface area contributed by atoms with E-state index in [0.29, 0.717) is 27.9 Å². The fourth-order valence-electron chi connectivity index (χ4n) is 2.95. The number of aromatic nitrogens is 2. The molecule has 28 heavy (non-hydrogen) atoms. The van der Waals surface area contributed by atoms with Crippen LogP contribution in [0.15, 0.2) is 67.0 Å². The van der Waals surface area contributed by atoms with Gasteiger partial charge in [0.1, 0.15) is 6.04 Å². The number of carbonyl (C=O) groups is 2. The van der Waals surface area contributed by atoms with Gasteiger partial charge in [-0.25, -0.2) is 4.68 Å². The monoisotopic (exact) mass is 412 g/mol. The van der Waals surface area contributed by atoms with Gasteiger partial charge in [0.2, 0.25) is 5.91 Å². The molecule has 1 aliphatic heterocycles. The standard InChI is InChI=1S/C20H17ClN4O2S/c21-15-8-6-14(7-9-15)20(27)24-13-28-12-18(24)19(26)23-16-10-22-25(11-16)17-4-2-1-3-5-17/h1-11,18H,12-13H2,(H,23,26). The molecule has 2 heterocycles. The van der Waals surface area contributed by atoms with E-state index in [9.17, 15) is 9.59 Å². The van der Waals surface area contributed by atoms with Gasteiger partial charge in [-0.3, -0.25) is 9.59 Å². The molecule has 0 bridgehead atoms. The number of nitrogens with one attached hydrogen (secondary N) is 1. The van der Waals surface area contributed by atoms with Crippen molar-refractivity contribution in [3.63, 3.8) is 0 Å². The van der Waals surface area contributed by atoms with E-state index in [2.05, 4.69) is 10.4 Å². The highest BCUT2D eigenvalue weighted by molar-refractivity contribution is 7.99. The molecule has 2 amide bonds. The number of hydrogen-bond acceptors (Lipinski definition) is 4. The van der Waals surface area contributed by atoms with Crippen molar-refractivity contribution >= 4 is 40.9 Å². The molecule has 6 nitrogen and oxygen atoms in total. The second-order valence-corrected chi connectivity index (χ2v) is 7.73. The minimum atomic E-state index is -0.534. The number of rotatable bonds is 4. The Morgan fingerprint density at radius 1 is 1.11 bits per heavy atom. The number of amides is 2. The second-order valence-electron chi connectivity index (χ2n) is 6.30. The highest BCUT2D eigenvalue weighted by Crippen LogP contribution is 2.25. The maximum atomic E-state index is 12.8. The first-order chi connectivity index (χ1) is 13.6. The van der Waals surface area contributed by atoms with Gasteiger partial charge in [0, 0.05) is 16.3 Å². The molecule has 1 aromatic heterocycles. The molecule has 0 radical (unpaired) electrons. The lowest BCUT2D eigenvalue weighted by Crippen LogP contribution is -2.44. The van der Waals surface area contributed by atoms with E-state index < -0.39 is 6.04 Å². The number of hydrogen-bond donors (Lipinski definition) is 1. The molecular weight excluding hydrogens is 396 g/mol. The zero-order chi connectivity index (χ0) is 19.5. The molecule has 1 aliphatic rings. The van der Waals surface area contributed by atoms with Crippen LogP contribution in [-0.4, -0.2) is 44.2 Å². The summed E-state index contributed by atoms with van der Waals surface area (Å²) in [5, 5.41) is 7.72. The number of halogens is 1. The normalized spacial score (nSPS) is 16.2. The Balaban J connectivity index is 1.46. The van der Waals surface area contributed by atoms with Crippen LogP contribution in [0.2, 0.25) is 5.02 Å². The molecule has 142 valence electrons. The quantitative estimate of drug-likeness (QED) is 0.709. The molecule has 1 fully saturated rings. The Morgan fingerprint density at radius 2 is 1.86 bits per heavy atom. The van der Waals surface area contributed by atoms with Crippen molar-refractivity contribution in [3.8, 4) is 5.69 Å². The largest absolute Gasteiger partial charge is 0.322 e. The third-order valence-corrected chi connectivity index (χ3v) is 5.67. The van der Waals surface area contributed by atoms with Crippen molar-refractivity contribution in [2.24, 2.45) is 0 Å². The predicted molar refractivity (Wildman–Crippen MR) is 111 cm³/mol. The van der Waals surface area contributed by atoms with Crippen molar-refractivity contribution < 1.29 is 9.59 Å². The number of thioether (sulfide) groups is 1. The molecule has 4 rings (SSSR count). The number of carbonyl (C=O) groups excluding carboxylic acids is 2. The fourth-order valence-corrected chi connectivity index (χ4v) is 4.23. The Bertz CT molecular complexity index is 991. The Hall–Kier alpha value is -2.77. The molecular formula is C20H17ClN4O2S. The third-order valence-electron chi connectivity index (χ3n) is 4.41. The Labute approximate surface area is 171 Å². The van der Waals surface area contributed by atoms with E-state index in [-0.39, 0.29) is 11.8 Å². The first-order valence-corrected chi connectivity index (χ1v) is 10.2. The molecule has 0 saturated carbocycles. The van der Waals surface area contributed by atoms with Gasteiger partial charge in [-0.15, -0.1) is 11.8 Å². The van der Waals surface area contributed by atoms with Gasteiger partial charge < -0.3 is 10.2 Å². The lowest BCUT2D eigenvalue weighted by molar-refractivity contribution is -0.119. The van der Waals surface area contributed by atoms with Crippen molar-refractivity contribution in [1.29, 1.82) is 0 Å². The van der Waals surface area contributed by atoms with Crippen molar-refractivity contribution in [2.75, 3.05) is 16.9 Å². The van der Waals surface area contributed by atoms with E-state index in [1.54, 1.807) is 58.0 Å². The van der Waals surface area contributed by atoms with Crippen molar-refractivity contribution in [1.82, 2.24) is 14.7 Å². The van der Waals surface area contributed by atoms with E-state index in [0.717, 1.165) is 5.69 Å². The molecule has 1 N–H and O–H groups in total. The number of para-hydroxylation sites is 1. The maximum Gasteiger partial charge on any atom is 0.255 e. The van der Waals surface area contributed by atoms with Crippen LogP contribution >= 0.6 is 23.4 Å². The van der Waals surface area contributed by atoms with Gasteiger partial charge in [-0.05, 0) is 36.4 Å². The molecule has 1 atom stereocenters. The van der Waals surface area contributed by atoms with Crippen LogP contribution in [0.1, 0.15) is 10.4 Å². The van der Waals surface area contributed by atoms with Gasteiger partial charge in [0.25, 0.3) is 5.91 Å². The summed E-state index contributed by atoms with van der Waals surface area (Å²) in [5.74, 6) is 0.627. The zero-order valence-corrected chi connectivity index (χ0v) is 16.4. The van der Waals surface area contributed by atoms with Gasteiger partial charge in [0.05, 0.1) is 29.6 Å². The van der Waals surface area contributed by atoms with Gasteiger partial charge in [0.15, 0.2) is 0 Å². The van der Waals surface area contributed by atoms with Crippen LogP contribution in [0.3, 0.4) is 0 Å². The molecule has 1 unspecified atom stereocenters. The van der Waals surface area contributed by atoms with E-state index in [1.807, 2.05) is 30.3 Å². The summed E-state index contributed by atoms with van der Waals surface area (Å²) in [6, 6.07) is 15.8. The highest BCUT2D eigenvalue weighted by atomic mass is 35.5. The summed E-state index contributed by atoms with van der Waals surface area (Å²) < 4.78 is 1.69. The summed E-state index contributed by atoms with van der Waals surface area (Å²) in [6.07, 6.45) is 3.35. The summed E-state index contributed by atoms with van der Waals surface area (Å²) in [5.41, 5.74) is 2.00. The number of benzene rings is 2. The number of anilines is 1. The summed E-state index contributed by atoms with van der Waals surface area (Å²) in [7, 11) is 0. The van der Waals surface area contributed by atoms with Gasteiger partial charge in [-0.2, -0.15) is 5.10 Å². The summed E-state index contributed by atoms with van der Waals surface area (Å²) in [6.45, 7) is 0. The van der Waals surface area contributed by atoms with Crippen LogP contribution in [-0.2, 0) is 4.79 Å². The third kappa shape index (κ3) is 3.90. The number of nitrogens with zero attached hydrogens (tertiary/aromatic N) is 3. The van der Waals surface area contributed by atoms with Gasteiger partial charge in [-0.1, -0.05) is 29.8 Å².